The Labute approximate surface area is 196 Å². The van der Waals surface area contributed by atoms with Crippen LogP contribution in [-0.4, -0.2) is 0 Å². The number of hydrogen-bond donors (Lipinski definition) is 0. The van der Waals surface area contributed by atoms with Crippen LogP contribution < -0.4 is 0 Å². The molecule has 0 aliphatic rings. The van der Waals surface area contributed by atoms with Gasteiger partial charge < -0.3 is 0 Å². The summed E-state index contributed by atoms with van der Waals surface area (Å²) in [4.78, 5) is 0. The van der Waals surface area contributed by atoms with Crippen molar-refractivity contribution in [3.8, 4) is 0 Å². The van der Waals surface area contributed by atoms with Gasteiger partial charge in [-0.2, -0.15) is 0 Å². The molecule has 0 amide bonds. The van der Waals surface area contributed by atoms with Gasteiger partial charge in [0.15, 0.2) is 0 Å². The second-order valence-corrected chi connectivity index (χ2v) is 8.17. The van der Waals surface area contributed by atoms with Crippen LogP contribution in [0.4, 0.5) is 0 Å². The van der Waals surface area contributed by atoms with Crippen molar-refractivity contribution in [1.29, 1.82) is 0 Å². The summed E-state index contributed by atoms with van der Waals surface area (Å²) >= 11 is 0. The largest absolute Gasteiger partial charge is 0.0622 e. The molecule has 0 bridgehead atoms. The lowest BCUT2D eigenvalue weighted by Gasteiger charge is -2.20. The van der Waals surface area contributed by atoms with Gasteiger partial charge in [0.2, 0.25) is 0 Å². The summed E-state index contributed by atoms with van der Waals surface area (Å²) in [6.07, 6.45) is 0.893. The zero-order chi connectivity index (χ0) is 22.3. The van der Waals surface area contributed by atoms with E-state index in [0.717, 1.165) is 6.42 Å². The molecule has 0 heterocycles. The van der Waals surface area contributed by atoms with Crippen LogP contribution in [0.1, 0.15) is 33.4 Å². The monoisotopic (exact) mass is 422 g/mol. The summed E-state index contributed by atoms with van der Waals surface area (Å²) in [5, 5.41) is 0. The van der Waals surface area contributed by atoms with Gasteiger partial charge >= 0.3 is 0 Å². The van der Waals surface area contributed by atoms with Gasteiger partial charge in [-0.15, -0.1) is 0 Å². The fraction of sp³-hybridized carbons (Fsp3) is 0.0303. The van der Waals surface area contributed by atoms with E-state index in [1.165, 1.54) is 44.5 Å². The minimum absolute atomic E-state index is 0.893. The Hall–Kier alpha value is -4.16. The Morgan fingerprint density at radius 2 is 0.758 bits per heavy atom. The summed E-state index contributed by atoms with van der Waals surface area (Å²) in [6.45, 7) is 0. The molecule has 5 aromatic carbocycles. The third kappa shape index (κ3) is 4.71. The molecule has 158 valence electrons. The van der Waals surface area contributed by atoms with Crippen LogP contribution in [0.2, 0.25) is 0 Å². The molecular weight excluding hydrogens is 396 g/mol. The van der Waals surface area contributed by atoms with Gasteiger partial charge in [-0.3, -0.25) is 0 Å². The molecule has 33 heavy (non-hydrogen) atoms. The van der Waals surface area contributed by atoms with Gasteiger partial charge in [0.25, 0.3) is 0 Å². The fourth-order valence-corrected chi connectivity index (χ4v) is 4.44. The first-order valence-electron chi connectivity index (χ1n) is 11.4. The number of benzene rings is 5. The number of hydrogen-bond acceptors (Lipinski definition) is 0. The van der Waals surface area contributed by atoms with Gasteiger partial charge in [0.1, 0.15) is 0 Å². The smallest absolute Gasteiger partial charge is 0.00196 e. The van der Waals surface area contributed by atoms with Crippen molar-refractivity contribution in [2.24, 2.45) is 0 Å². The molecule has 0 radical (unpaired) electrons. The van der Waals surface area contributed by atoms with Crippen LogP contribution in [-0.2, 0) is 6.42 Å². The Morgan fingerprint density at radius 1 is 0.364 bits per heavy atom. The van der Waals surface area contributed by atoms with Crippen molar-refractivity contribution < 1.29 is 0 Å². The standard InChI is InChI=1S/C33H26/c1-5-15-26(16-6-1)25-30-23-13-14-24-31(30)33(29-21-11-4-12-22-29)32(27-17-7-2-8-18-27)28-19-9-3-10-20-28/h1-24H,25H2. The molecule has 5 rings (SSSR count). The second-order valence-electron chi connectivity index (χ2n) is 8.17. The first-order valence-corrected chi connectivity index (χ1v) is 11.4. The van der Waals surface area contributed by atoms with Gasteiger partial charge in [-0.1, -0.05) is 146 Å². The minimum Gasteiger partial charge on any atom is -0.0622 e. The zero-order valence-electron chi connectivity index (χ0n) is 18.6. The van der Waals surface area contributed by atoms with Crippen molar-refractivity contribution in [3.05, 3.63) is 179 Å². The zero-order valence-corrected chi connectivity index (χ0v) is 18.6. The van der Waals surface area contributed by atoms with E-state index in [0.29, 0.717) is 0 Å². The molecule has 0 saturated heterocycles. The molecule has 0 nitrogen and oxygen atoms in total. The Balaban J connectivity index is 1.82. The maximum atomic E-state index is 2.27. The minimum atomic E-state index is 0.893. The second kappa shape index (κ2) is 9.97. The first-order chi connectivity index (χ1) is 16.4. The van der Waals surface area contributed by atoms with E-state index < -0.39 is 0 Å². The molecule has 0 aliphatic heterocycles. The van der Waals surface area contributed by atoms with Crippen molar-refractivity contribution in [1.82, 2.24) is 0 Å². The molecule has 0 aromatic heterocycles. The van der Waals surface area contributed by atoms with Crippen molar-refractivity contribution in [2.75, 3.05) is 0 Å². The molecule has 0 saturated carbocycles. The topological polar surface area (TPSA) is 0 Å². The van der Waals surface area contributed by atoms with Crippen LogP contribution in [0.5, 0.6) is 0 Å². The van der Waals surface area contributed by atoms with Gasteiger partial charge in [0.05, 0.1) is 0 Å². The highest BCUT2D eigenvalue weighted by Gasteiger charge is 2.18. The highest BCUT2D eigenvalue weighted by molar-refractivity contribution is 6.05. The average molecular weight is 423 g/mol. The van der Waals surface area contributed by atoms with E-state index in [2.05, 4.69) is 146 Å². The summed E-state index contributed by atoms with van der Waals surface area (Å²) in [6, 6.07) is 51.8. The summed E-state index contributed by atoms with van der Waals surface area (Å²) < 4.78 is 0. The quantitative estimate of drug-likeness (QED) is 0.241. The average Bonchev–Trinajstić information content (AvgIpc) is 2.90. The normalized spacial score (nSPS) is 10.5. The number of rotatable bonds is 6. The van der Waals surface area contributed by atoms with Crippen LogP contribution >= 0.6 is 0 Å². The van der Waals surface area contributed by atoms with Crippen LogP contribution in [0.25, 0.3) is 11.1 Å². The van der Waals surface area contributed by atoms with Crippen molar-refractivity contribution >= 4 is 11.1 Å². The van der Waals surface area contributed by atoms with Gasteiger partial charge in [-0.25, -0.2) is 0 Å². The molecule has 0 spiro atoms. The summed E-state index contributed by atoms with van der Waals surface area (Å²) in [5.41, 5.74) is 10.1. The third-order valence-corrected chi connectivity index (χ3v) is 5.96. The maximum Gasteiger partial charge on any atom is -0.00196 e. The maximum absolute atomic E-state index is 2.27. The Morgan fingerprint density at radius 3 is 1.27 bits per heavy atom. The van der Waals surface area contributed by atoms with Crippen LogP contribution in [0.15, 0.2) is 146 Å². The van der Waals surface area contributed by atoms with Crippen LogP contribution in [0, 0.1) is 0 Å². The SMILES string of the molecule is c1ccc(Cc2ccccc2C(=C(c2ccccc2)c2ccccc2)c2ccccc2)cc1. The lowest BCUT2D eigenvalue weighted by atomic mass is 9.83. The molecule has 0 atom stereocenters. The van der Waals surface area contributed by atoms with Crippen molar-refractivity contribution in [3.63, 3.8) is 0 Å². The van der Waals surface area contributed by atoms with E-state index in [4.69, 9.17) is 0 Å². The lowest BCUT2D eigenvalue weighted by Crippen LogP contribution is -2.01. The molecule has 0 heteroatoms. The van der Waals surface area contributed by atoms with Gasteiger partial charge in [-0.05, 0) is 50.9 Å². The van der Waals surface area contributed by atoms with E-state index in [1.807, 2.05) is 0 Å². The Bertz CT molecular complexity index is 1290. The third-order valence-electron chi connectivity index (χ3n) is 5.96. The molecule has 0 aliphatic carbocycles. The highest BCUT2D eigenvalue weighted by Crippen LogP contribution is 2.38. The molecular formula is C33H26. The predicted octanol–water partition coefficient (Wildman–Crippen LogP) is 8.28. The van der Waals surface area contributed by atoms with E-state index in [1.54, 1.807) is 0 Å². The highest BCUT2D eigenvalue weighted by atomic mass is 14.2. The molecule has 0 N–H and O–H groups in total. The first kappa shape index (κ1) is 20.7. The molecule has 0 unspecified atom stereocenters. The fourth-order valence-electron chi connectivity index (χ4n) is 4.44. The van der Waals surface area contributed by atoms with Crippen LogP contribution in [0.3, 0.4) is 0 Å². The molecule has 0 fully saturated rings. The van der Waals surface area contributed by atoms with Crippen molar-refractivity contribution in [2.45, 2.75) is 6.42 Å². The van der Waals surface area contributed by atoms with E-state index in [9.17, 15) is 0 Å². The predicted molar refractivity (Wildman–Crippen MR) is 140 cm³/mol. The lowest BCUT2D eigenvalue weighted by molar-refractivity contribution is 1.18. The van der Waals surface area contributed by atoms with Gasteiger partial charge in [0, 0.05) is 0 Å². The summed E-state index contributed by atoms with van der Waals surface area (Å²) in [5.74, 6) is 0. The Kier molecular flexibility index (Phi) is 6.26. The molecule has 5 aromatic rings. The van der Waals surface area contributed by atoms with E-state index in [-0.39, 0.29) is 0 Å². The summed E-state index contributed by atoms with van der Waals surface area (Å²) in [7, 11) is 0. The van der Waals surface area contributed by atoms with E-state index >= 15 is 0 Å².